The van der Waals surface area contributed by atoms with Gasteiger partial charge in [-0.1, -0.05) is 53.7 Å². The van der Waals surface area contributed by atoms with Crippen molar-refractivity contribution in [3.8, 4) is 0 Å². The minimum atomic E-state index is -0.0489. The zero-order valence-electron chi connectivity index (χ0n) is 14.3. The Hall–Kier alpha value is -3.34. The third-order valence-electron chi connectivity index (χ3n) is 4.91. The lowest BCUT2D eigenvalue weighted by atomic mass is 10.3. The molecule has 26 heavy (non-hydrogen) atoms. The van der Waals surface area contributed by atoms with Crippen LogP contribution in [-0.4, -0.2) is 28.1 Å². The molecule has 0 spiro atoms. The molecule has 0 saturated carbocycles. The predicted molar refractivity (Wildman–Crippen MR) is 104 cm³/mol. The molecule has 0 atom stereocenters. The highest BCUT2D eigenvalue weighted by Crippen LogP contribution is 2.35. The van der Waals surface area contributed by atoms with Gasteiger partial charge in [0.15, 0.2) is 0 Å². The van der Waals surface area contributed by atoms with Crippen molar-refractivity contribution in [2.75, 3.05) is 22.9 Å². The van der Waals surface area contributed by atoms with Crippen molar-refractivity contribution in [3.05, 3.63) is 84.9 Å². The molecule has 0 N–H and O–H groups in total. The van der Waals surface area contributed by atoms with E-state index in [9.17, 15) is 0 Å². The monoisotopic (exact) mass is 341 g/mol. The van der Waals surface area contributed by atoms with E-state index in [2.05, 4.69) is 86.8 Å². The van der Waals surface area contributed by atoms with Crippen molar-refractivity contribution < 1.29 is 0 Å². The molecule has 128 valence electrons. The van der Waals surface area contributed by atoms with Crippen LogP contribution >= 0.6 is 0 Å². The average molecular weight is 341 g/mol. The van der Waals surface area contributed by atoms with Gasteiger partial charge in [-0.2, -0.15) is 0 Å². The van der Waals surface area contributed by atoms with Gasteiger partial charge >= 0.3 is 0 Å². The lowest BCUT2D eigenvalue weighted by Gasteiger charge is -2.32. The SMILES string of the molecule is c1ccc(N2CCN(c3ccccc3)C2n2nnc3ccccc32)cc1. The fourth-order valence-electron chi connectivity index (χ4n) is 3.70. The smallest absolute Gasteiger partial charge is 0.203 e. The first-order valence-corrected chi connectivity index (χ1v) is 8.85. The van der Waals surface area contributed by atoms with E-state index in [1.165, 1.54) is 11.4 Å². The maximum atomic E-state index is 4.51. The lowest BCUT2D eigenvalue weighted by molar-refractivity contribution is 0.471. The normalized spacial score (nSPS) is 15.1. The van der Waals surface area contributed by atoms with Crippen LogP contribution in [0.5, 0.6) is 0 Å². The maximum absolute atomic E-state index is 4.51. The van der Waals surface area contributed by atoms with Crippen LogP contribution in [0.4, 0.5) is 11.4 Å². The second kappa shape index (κ2) is 6.19. The molecule has 1 aromatic heterocycles. The average Bonchev–Trinajstić information content (AvgIpc) is 3.33. The molecule has 2 heterocycles. The summed E-state index contributed by atoms with van der Waals surface area (Å²) in [6.45, 7) is 1.86. The van der Waals surface area contributed by atoms with Gasteiger partial charge < -0.3 is 9.80 Å². The van der Waals surface area contributed by atoms with Gasteiger partial charge in [0.25, 0.3) is 0 Å². The number of fused-ring (bicyclic) bond motifs is 1. The zero-order chi connectivity index (χ0) is 17.3. The summed E-state index contributed by atoms with van der Waals surface area (Å²) in [6, 6.07) is 29.2. The molecule has 1 saturated heterocycles. The number of aromatic nitrogens is 3. The number of nitrogens with zero attached hydrogens (tertiary/aromatic N) is 5. The third kappa shape index (κ3) is 2.40. The fraction of sp³-hybridized carbons (Fsp3) is 0.143. The van der Waals surface area contributed by atoms with Gasteiger partial charge in [-0.25, -0.2) is 4.68 Å². The molecule has 1 aliphatic heterocycles. The molecule has 0 radical (unpaired) electrons. The Bertz CT molecular complexity index is 965. The number of hydrogen-bond acceptors (Lipinski definition) is 4. The molecule has 1 aliphatic rings. The number of anilines is 2. The highest BCUT2D eigenvalue weighted by Gasteiger charge is 2.35. The molecule has 4 aromatic rings. The maximum Gasteiger partial charge on any atom is 0.203 e. The summed E-state index contributed by atoms with van der Waals surface area (Å²) in [7, 11) is 0. The van der Waals surface area contributed by atoms with Crippen LogP contribution in [0, 0.1) is 0 Å². The molecule has 5 nitrogen and oxygen atoms in total. The summed E-state index contributed by atoms with van der Waals surface area (Å²) < 4.78 is 2.03. The quantitative estimate of drug-likeness (QED) is 0.566. The molecule has 1 fully saturated rings. The van der Waals surface area contributed by atoms with Crippen molar-refractivity contribution in [1.82, 2.24) is 15.0 Å². The van der Waals surface area contributed by atoms with Crippen molar-refractivity contribution >= 4 is 22.4 Å². The topological polar surface area (TPSA) is 37.2 Å². The Balaban J connectivity index is 1.66. The Kier molecular flexibility index (Phi) is 3.56. The van der Waals surface area contributed by atoms with Crippen LogP contribution in [0.15, 0.2) is 84.9 Å². The van der Waals surface area contributed by atoms with Gasteiger partial charge in [-0.3, -0.25) is 0 Å². The summed E-state index contributed by atoms with van der Waals surface area (Å²) in [5, 5.41) is 8.89. The van der Waals surface area contributed by atoms with E-state index in [0.29, 0.717) is 0 Å². The molecule has 0 unspecified atom stereocenters. The van der Waals surface area contributed by atoms with Crippen LogP contribution in [0.25, 0.3) is 11.0 Å². The largest absolute Gasteiger partial charge is 0.331 e. The molecule has 5 heteroatoms. The minimum absolute atomic E-state index is 0.0489. The van der Waals surface area contributed by atoms with Gasteiger partial charge in [0.2, 0.25) is 6.29 Å². The zero-order valence-corrected chi connectivity index (χ0v) is 14.3. The van der Waals surface area contributed by atoms with Crippen molar-refractivity contribution in [2.45, 2.75) is 6.29 Å². The van der Waals surface area contributed by atoms with Crippen molar-refractivity contribution in [1.29, 1.82) is 0 Å². The Morgan fingerprint density at radius 2 is 1.19 bits per heavy atom. The first-order chi connectivity index (χ1) is 12.9. The third-order valence-corrected chi connectivity index (χ3v) is 4.91. The van der Waals surface area contributed by atoms with Gasteiger partial charge in [0.05, 0.1) is 5.52 Å². The van der Waals surface area contributed by atoms with E-state index >= 15 is 0 Å². The van der Waals surface area contributed by atoms with Crippen LogP contribution in [-0.2, 0) is 0 Å². The molecule has 5 rings (SSSR count). The van der Waals surface area contributed by atoms with Gasteiger partial charge in [0, 0.05) is 24.5 Å². The second-order valence-electron chi connectivity index (χ2n) is 6.43. The molecular formula is C21H19N5. The molecule has 0 amide bonds. The van der Waals surface area contributed by atoms with E-state index in [-0.39, 0.29) is 6.29 Å². The van der Waals surface area contributed by atoms with Crippen LogP contribution in [0.3, 0.4) is 0 Å². The number of benzene rings is 3. The van der Waals surface area contributed by atoms with E-state index in [1.807, 2.05) is 22.9 Å². The first kappa shape index (κ1) is 15.0. The summed E-state index contributed by atoms with van der Waals surface area (Å²) in [5.74, 6) is 0. The van der Waals surface area contributed by atoms with Gasteiger partial charge in [-0.15, -0.1) is 5.10 Å². The van der Waals surface area contributed by atoms with Crippen LogP contribution < -0.4 is 9.80 Å². The summed E-state index contributed by atoms with van der Waals surface area (Å²) in [4.78, 5) is 4.77. The number of hydrogen-bond donors (Lipinski definition) is 0. The van der Waals surface area contributed by atoms with E-state index < -0.39 is 0 Å². The number of para-hydroxylation sites is 3. The fourth-order valence-corrected chi connectivity index (χ4v) is 3.70. The molecule has 0 aliphatic carbocycles. The van der Waals surface area contributed by atoms with Gasteiger partial charge in [-0.05, 0) is 36.4 Å². The Labute approximate surface area is 152 Å². The van der Waals surface area contributed by atoms with Gasteiger partial charge in [0.1, 0.15) is 5.52 Å². The number of rotatable bonds is 3. The molecular weight excluding hydrogens is 322 g/mol. The minimum Gasteiger partial charge on any atom is -0.331 e. The lowest BCUT2D eigenvalue weighted by Crippen LogP contribution is -2.36. The van der Waals surface area contributed by atoms with Crippen LogP contribution in [0.1, 0.15) is 6.29 Å². The summed E-state index contributed by atoms with van der Waals surface area (Å²) in [5.41, 5.74) is 4.34. The highest BCUT2D eigenvalue weighted by molar-refractivity contribution is 5.74. The molecule has 0 bridgehead atoms. The standard InChI is InChI=1S/C21H19N5/c1-3-9-17(10-4-1)24-15-16-25(18-11-5-2-6-12-18)21(24)26-20-14-8-7-13-19(20)22-23-26/h1-14,21H,15-16H2. The van der Waals surface area contributed by atoms with Crippen LogP contribution in [0.2, 0.25) is 0 Å². The van der Waals surface area contributed by atoms with E-state index in [1.54, 1.807) is 0 Å². The Morgan fingerprint density at radius 1 is 0.654 bits per heavy atom. The Morgan fingerprint density at radius 3 is 1.81 bits per heavy atom. The predicted octanol–water partition coefficient (Wildman–Crippen LogP) is 3.91. The molecule has 3 aromatic carbocycles. The first-order valence-electron chi connectivity index (χ1n) is 8.85. The highest BCUT2D eigenvalue weighted by atomic mass is 15.6. The van der Waals surface area contributed by atoms with E-state index in [4.69, 9.17) is 0 Å². The summed E-state index contributed by atoms with van der Waals surface area (Å²) in [6.07, 6.45) is -0.0489. The van der Waals surface area contributed by atoms with Crippen molar-refractivity contribution in [3.63, 3.8) is 0 Å². The van der Waals surface area contributed by atoms with Crippen molar-refractivity contribution in [2.24, 2.45) is 0 Å². The summed E-state index contributed by atoms with van der Waals surface area (Å²) >= 11 is 0. The second-order valence-corrected chi connectivity index (χ2v) is 6.43. The van der Waals surface area contributed by atoms with E-state index in [0.717, 1.165) is 24.1 Å².